The zero-order valence-corrected chi connectivity index (χ0v) is 21.9. The predicted molar refractivity (Wildman–Crippen MR) is 144 cm³/mol. The zero-order valence-electron chi connectivity index (χ0n) is 21.1. The molecule has 2 aromatic rings. The molecule has 2 aromatic carbocycles. The second-order valence-electron chi connectivity index (χ2n) is 9.45. The van der Waals surface area contributed by atoms with Crippen molar-refractivity contribution in [3.8, 4) is 11.5 Å². The van der Waals surface area contributed by atoms with Crippen LogP contribution in [0, 0.1) is 0 Å². The second kappa shape index (κ2) is 16.9. The number of phenols is 2. The van der Waals surface area contributed by atoms with Gasteiger partial charge in [0.15, 0.2) is 11.5 Å². The quantitative estimate of drug-likeness (QED) is 0.168. The molecule has 2 rings (SSSR count). The van der Waals surface area contributed by atoms with Gasteiger partial charge in [0, 0.05) is 4.90 Å². The number of hydrogen-bond donors (Lipinski definition) is 2. The van der Waals surface area contributed by atoms with E-state index in [0.29, 0.717) is 0 Å². The van der Waals surface area contributed by atoms with Crippen molar-refractivity contribution in [2.75, 3.05) is 0 Å². The van der Waals surface area contributed by atoms with Gasteiger partial charge in [-0.3, -0.25) is 0 Å². The summed E-state index contributed by atoms with van der Waals surface area (Å²) in [4.78, 5) is 1.87. The molecule has 0 aliphatic heterocycles. The summed E-state index contributed by atoms with van der Waals surface area (Å²) < 4.78 is 0. The minimum atomic E-state index is -0.00262. The van der Waals surface area contributed by atoms with Crippen LogP contribution in [0.25, 0.3) is 0 Å². The Morgan fingerprint density at radius 2 is 1.15 bits per heavy atom. The molecule has 0 unspecified atom stereocenters. The lowest BCUT2D eigenvalue weighted by Crippen LogP contribution is -1.89. The van der Waals surface area contributed by atoms with E-state index < -0.39 is 0 Å². The van der Waals surface area contributed by atoms with Crippen LogP contribution >= 0.6 is 11.8 Å². The molecule has 184 valence electrons. The number of benzene rings is 2. The van der Waals surface area contributed by atoms with E-state index in [1.54, 1.807) is 17.8 Å². The molecule has 3 heteroatoms. The summed E-state index contributed by atoms with van der Waals surface area (Å²) in [5.74, 6) is -0.00188. The fourth-order valence-corrected chi connectivity index (χ4v) is 5.36. The Bertz CT molecular complexity index is 787. The minimum absolute atomic E-state index is 0.000739. The van der Waals surface area contributed by atoms with Gasteiger partial charge in [0.1, 0.15) is 0 Å². The molecule has 0 spiro atoms. The summed E-state index contributed by atoms with van der Waals surface area (Å²) >= 11 is 1.55. The highest BCUT2D eigenvalue weighted by Crippen LogP contribution is 2.41. The second-order valence-corrected chi connectivity index (χ2v) is 10.6. The van der Waals surface area contributed by atoms with E-state index in [1.807, 2.05) is 0 Å². The van der Waals surface area contributed by atoms with E-state index in [4.69, 9.17) is 0 Å². The van der Waals surface area contributed by atoms with Crippen LogP contribution in [0.5, 0.6) is 11.5 Å². The van der Waals surface area contributed by atoms with Crippen LogP contribution in [0.1, 0.15) is 115 Å². The number of aryl methyl sites for hydroxylation is 2. The van der Waals surface area contributed by atoms with Crippen molar-refractivity contribution in [1.29, 1.82) is 0 Å². The zero-order chi connectivity index (χ0) is 23.7. The molecule has 0 aliphatic rings. The molecule has 0 bridgehead atoms. The summed E-state index contributed by atoms with van der Waals surface area (Å²) in [7, 11) is 0. The van der Waals surface area contributed by atoms with Gasteiger partial charge in [-0.05, 0) is 61.1 Å². The van der Waals surface area contributed by atoms with Crippen LogP contribution in [-0.2, 0) is 12.8 Å². The van der Waals surface area contributed by atoms with Crippen LogP contribution in [0.2, 0.25) is 0 Å². The smallest absolute Gasteiger partial charge is 0.171 e. The Labute approximate surface area is 207 Å². The molecule has 0 heterocycles. The summed E-state index contributed by atoms with van der Waals surface area (Å²) in [6, 6.07) is 12.4. The fraction of sp³-hybridized carbons (Fsp3) is 0.600. The van der Waals surface area contributed by atoms with Crippen LogP contribution in [0.4, 0.5) is 0 Å². The van der Waals surface area contributed by atoms with Gasteiger partial charge in [-0.2, -0.15) is 0 Å². The van der Waals surface area contributed by atoms with Crippen LogP contribution < -0.4 is 0 Å². The van der Waals surface area contributed by atoms with Crippen molar-refractivity contribution in [3.05, 3.63) is 47.5 Å². The molecule has 0 saturated carbocycles. The molecule has 0 radical (unpaired) electrons. The average molecular weight is 471 g/mol. The third-order valence-electron chi connectivity index (χ3n) is 6.38. The maximum Gasteiger partial charge on any atom is 0.171 e. The van der Waals surface area contributed by atoms with Gasteiger partial charge >= 0.3 is 0 Å². The van der Waals surface area contributed by atoms with Crippen LogP contribution in [-0.4, -0.2) is 10.2 Å². The Morgan fingerprint density at radius 3 is 1.76 bits per heavy atom. The van der Waals surface area contributed by atoms with Crippen LogP contribution in [0.3, 0.4) is 0 Å². The lowest BCUT2D eigenvalue weighted by molar-refractivity contribution is 0.394. The van der Waals surface area contributed by atoms with Gasteiger partial charge in [0.2, 0.25) is 0 Å². The van der Waals surface area contributed by atoms with Gasteiger partial charge in [-0.15, -0.1) is 0 Å². The normalized spacial score (nSPS) is 11.2. The Kier molecular flexibility index (Phi) is 14.2. The van der Waals surface area contributed by atoms with E-state index in [2.05, 4.69) is 44.2 Å². The number of rotatable bonds is 18. The molecular formula is C30H46O2S. The van der Waals surface area contributed by atoms with Crippen molar-refractivity contribution < 1.29 is 10.2 Å². The van der Waals surface area contributed by atoms with E-state index in [1.165, 1.54) is 89.0 Å². The molecule has 2 nitrogen and oxygen atoms in total. The standard InChI is InChI=1S/C30H46O2S/c1-3-5-7-9-11-13-15-18-25-20-17-21-27(22-25)33-29-24-26(23-28(31)30(29)32)19-16-14-12-10-8-6-4-2/h17,20-24,31-32H,3-16,18-19H2,1-2H3. The SMILES string of the molecule is CCCCCCCCCc1cccc(Sc2cc(CCCCCCCCC)cc(O)c2O)c1. The molecule has 0 saturated heterocycles. The highest BCUT2D eigenvalue weighted by atomic mass is 32.2. The van der Waals surface area contributed by atoms with E-state index in [9.17, 15) is 10.2 Å². The average Bonchev–Trinajstić information content (AvgIpc) is 2.81. The van der Waals surface area contributed by atoms with Crippen molar-refractivity contribution in [1.82, 2.24) is 0 Å². The third-order valence-corrected chi connectivity index (χ3v) is 7.40. The Balaban J connectivity index is 1.84. The molecular weight excluding hydrogens is 424 g/mol. The highest BCUT2D eigenvalue weighted by Gasteiger charge is 2.11. The maximum absolute atomic E-state index is 10.4. The fourth-order valence-electron chi connectivity index (χ4n) is 4.33. The molecule has 0 amide bonds. The van der Waals surface area contributed by atoms with Gasteiger partial charge < -0.3 is 10.2 Å². The Morgan fingerprint density at radius 1 is 0.606 bits per heavy atom. The van der Waals surface area contributed by atoms with E-state index >= 15 is 0 Å². The summed E-state index contributed by atoms with van der Waals surface area (Å²) in [6.07, 6.45) is 20.3. The molecule has 33 heavy (non-hydrogen) atoms. The first-order valence-corrected chi connectivity index (χ1v) is 14.3. The van der Waals surface area contributed by atoms with Gasteiger partial charge in [0.05, 0.1) is 4.90 Å². The van der Waals surface area contributed by atoms with Crippen LogP contribution in [0.15, 0.2) is 46.2 Å². The molecule has 0 aromatic heterocycles. The number of phenolic OH excluding ortho intramolecular Hbond substituents is 2. The number of unbranched alkanes of at least 4 members (excludes halogenated alkanes) is 12. The summed E-state index contributed by atoms with van der Waals surface area (Å²) in [5.41, 5.74) is 2.47. The maximum atomic E-state index is 10.4. The monoisotopic (exact) mass is 470 g/mol. The number of hydrogen-bond acceptors (Lipinski definition) is 3. The first-order chi connectivity index (χ1) is 16.1. The molecule has 2 N–H and O–H groups in total. The summed E-state index contributed by atoms with van der Waals surface area (Å²) in [5, 5.41) is 20.7. The van der Waals surface area contributed by atoms with E-state index in [0.717, 1.165) is 34.6 Å². The van der Waals surface area contributed by atoms with Crippen molar-refractivity contribution in [3.63, 3.8) is 0 Å². The summed E-state index contributed by atoms with van der Waals surface area (Å²) in [6.45, 7) is 4.51. The molecule has 0 fully saturated rings. The number of aromatic hydroxyl groups is 2. The van der Waals surface area contributed by atoms with Gasteiger partial charge in [0.25, 0.3) is 0 Å². The van der Waals surface area contributed by atoms with Crippen molar-refractivity contribution in [2.24, 2.45) is 0 Å². The predicted octanol–water partition coefficient (Wildman–Crippen LogP) is 9.84. The van der Waals surface area contributed by atoms with Crippen molar-refractivity contribution >= 4 is 11.8 Å². The van der Waals surface area contributed by atoms with Gasteiger partial charge in [-0.1, -0.05) is 115 Å². The largest absolute Gasteiger partial charge is 0.504 e. The van der Waals surface area contributed by atoms with Crippen molar-refractivity contribution in [2.45, 2.75) is 126 Å². The molecule has 0 aliphatic carbocycles. The first-order valence-electron chi connectivity index (χ1n) is 13.5. The molecule has 0 atom stereocenters. The Hall–Kier alpha value is -1.61. The van der Waals surface area contributed by atoms with E-state index in [-0.39, 0.29) is 11.5 Å². The highest BCUT2D eigenvalue weighted by molar-refractivity contribution is 7.99. The lowest BCUT2D eigenvalue weighted by Gasteiger charge is -2.11. The minimum Gasteiger partial charge on any atom is -0.504 e. The topological polar surface area (TPSA) is 40.5 Å². The van der Waals surface area contributed by atoms with Gasteiger partial charge in [-0.25, -0.2) is 0 Å². The third kappa shape index (κ3) is 11.4. The lowest BCUT2D eigenvalue weighted by atomic mass is 10.0. The first kappa shape index (κ1) is 27.6.